The van der Waals surface area contributed by atoms with Crippen LogP contribution in [0.3, 0.4) is 0 Å². The van der Waals surface area contributed by atoms with E-state index in [4.69, 9.17) is 4.74 Å². The first kappa shape index (κ1) is 38.5. The molecule has 318 valence electrons. The normalized spacial score (nSPS) is 15.4. The van der Waals surface area contributed by atoms with Crippen molar-refractivity contribution in [3.8, 4) is 44.9 Å². The quantitative estimate of drug-likeness (QED) is 0.165. The third-order valence-corrected chi connectivity index (χ3v) is 15.0. The molecule has 11 aromatic carbocycles. The van der Waals surface area contributed by atoms with E-state index in [1.165, 1.54) is 83.1 Å². The first-order chi connectivity index (χ1) is 33.7. The van der Waals surface area contributed by atoms with Gasteiger partial charge in [-0.3, -0.25) is 0 Å². The summed E-state index contributed by atoms with van der Waals surface area (Å²) >= 11 is 0. The summed E-state index contributed by atoms with van der Waals surface area (Å²) in [6, 6.07) is 96.2. The SMILES string of the molecule is c1ccc(-c2ccc(N(c3ccc4c(c3)C(c3ccccc3)(c3ccccc3)c3ccccc3-4)c3ccc4c(c3)C3(c5ccccc5Oc5ccc6ccccc6c53)c3ccccc3-4)cc2)cc1. The zero-order chi connectivity index (χ0) is 44.8. The fraction of sp³-hybridized carbons (Fsp3) is 0.0303. The Hall–Kier alpha value is -8.72. The fourth-order valence-corrected chi connectivity index (χ4v) is 12.3. The molecule has 0 amide bonds. The summed E-state index contributed by atoms with van der Waals surface area (Å²) in [7, 11) is 0. The molecule has 0 aromatic heterocycles. The number of anilines is 3. The van der Waals surface area contributed by atoms with Gasteiger partial charge in [0, 0.05) is 28.2 Å². The van der Waals surface area contributed by atoms with Gasteiger partial charge in [0.1, 0.15) is 11.5 Å². The lowest BCUT2D eigenvalue weighted by Gasteiger charge is -2.40. The minimum atomic E-state index is -0.662. The van der Waals surface area contributed by atoms with Crippen LogP contribution in [-0.2, 0) is 10.8 Å². The molecular formula is C66H43NO. The molecule has 0 fully saturated rings. The van der Waals surface area contributed by atoms with Crippen LogP contribution in [0.4, 0.5) is 17.1 Å². The van der Waals surface area contributed by atoms with E-state index in [1.54, 1.807) is 0 Å². The summed E-state index contributed by atoms with van der Waals surface area (Å²) in [5.41, 5.74) is 19.3. The Morgan fingerprint density at radius 3 is 1.41 bits per heavy atom. The van der Waals surface area contributed by atoms with Crippen molar-refractivity contribution in [1.29, 1.82) is 0 Å². The zero-order valence-electron chi connectivity index (χ0n) is 37.2. The predicted octanol–water partition coefficient (Wildman–Crippen LogP) is 16.8. The maximum atomic E-state index is 6.92. The number of hydrogen-bond donors (Lipinski definition) is 0. The number of para-hydroxylation sites is 1. The molecule has 1 unspecified atom stereocenters. The van der Waals surface area contributed by atoms with Gasteiger partial charge < -0.3 is 9.64 Å². The molecule has 0 saturated carbocycles. The highest BCUT2D eigenvalue weighted by atomic mass is 16.5. The Morgan fingerprint density at radius 2 is 0.765 bits per heavy atom. The van der Waals surface area contributed by atoms with Crippen molar-refractivity contribution >= 4 is 27.8 Å². The highest BCUT2D eigenvalue weighted by Gasteiger charge is 2.52. The lowest BCUT2D eigenvalue weighted by molar-refractivity contribution is 0.438. The molecule has 1 heterocycles. The molecule has 1 spiro atoms. The maximum Gasteiger partial charge on any atom is 0.132 e. The lowest BCUT2D eigenvalue weighted by atomic mass is 9.65. The second kappa shape index (κ2) is 14.9. The molecule has 0 radical (unpaired) electrons. The van der Waals surface area contributed by atoms with Crippen LogP contribution in [0.25, 0.3) is 44.2 Å². The van der Waals surface area contributed by atoms with Gasteiger partial charge in [-0.1, -0.05) is 212 Å². The second-order valence-corrected chi connectivity index (χ2v) is 18.3. The standard InChI is InChI=1S/C66H43NO/c1-4-18-44(19-5-1)45-32-35-49(36-33-45)67(50-37-39-55-53-26-12-14-28-57(53)65(60(55)42-50,47-21-6-2-7-22-47)48-23-8-3-9-24-48)51-38-40-56-54-27-13-15-29-58(54)66(61(56)43-51)59-30-16-17-31-62(59)68-63-41-34-46-20-10-11-25-52(46)64(63)66/h1-43H. The fourth-order valence-electron chi connectivity index (χ4n) is 12.3. The zero-order valence-corrected chi connectivity index (χ0v) is 37.2. The smallest absolute Gasteiger partial charge is 0.132 e. The van der Waals surface area contributed by atoms with Crippen LogP contribution in [0.2, 0.25) is 0 Å². The number of hydrogen-bond acceptors (Lipinski definition) is 2. The van der Waals surface area contributed by atoms with Crippen LogP contribution in [0.1, 0.15) is 44.5 Å². The summed E-state index contributed by atoms with van der Waals surface area (Å²) in [5.74, 6) is 1.77. The molecule has 68 heavy (non-hydrogen) atoms. The Balaban J connectivity index is 1.05. The topological polar surface area (TPSA) is 12.5 Å². The third-order valence-electron chi connectivity index (χ3n) is 15.0. The molecule has 3 aliphatic rings. The van der Waals surface area contributed by atoms with Crippen molar-refractivity contribution in [1.82, 2.24) is 0 Å². The van der Waals surface area contributed by atoms with Crippen molar-refractivity contribution < 1.29 is 4.74 Å². The molecule has 0 bridgehead atoms. The molecule has 2 nitrogen and oxygen atoms in total. The summed E-state index contributed by atoms with van der Waals surface area (Å²) in [6.45, 7) is 0. The minimum Gasteiger partial charge on any atom is -0.457 e. The third kappa shape index (κ3) is 5.34. The van der Waals surface area contributed by atoms with Crippen molar-refractivity contribution in [2.45, 2.75) is 10.8 Å². The summed E-state index contributed by atoms with van der Waals surface area (Å²) < 4.78 is 6.92. The van der Waals surface area contributed by atoms with Gasteiger partial charge >= 0.3 is 0 Å². The summed E-state index contributed by atoms with van der Waals surface area (Å²) in [5, 5.41) is 2.38. The molecule has 14 rings (SSSR count). The van der Waals surface area contributed by atoms with E-state index in [-0.39, 0.29) is 0 Å². The van der Waals surface area contributed by atoms with Crippen molar-refractivity contribution in [3.63, 3.8) is 0 Å². The monoisotopic (exact) mass is 865 g/mol. The summed E-state index contributed by atoms with van der Waals surface area (Å²) in [4.78, 5) is 2.48. The first-order valence-corrected chi connectivity index (χ1v) is 23.6. The van der Waals surface area contributed by atoms with Crippen molar-refractivity contribution in [3.05, 3.63) is 305 Å². The van der Waals surface area contributed by atoms with Crippen molar-refractivity contribution in [2.24, 2.45) is 0 Å². The van der Waals surface area contributed by atoms with Crippen LogP contribution in [0, 0.1) is 0 Å². The van der Waals surface area contributed by atoms with E-state index in [0.717, 1.165) is 34.1 Å². The Bertz CT molecular complexity index is 3730. The van der Waals surface area contributed by atoms with Gasteiger partial charge in [-0.25, -0.2) is 0 Å². The van der Waals surface area contributed by atoms with Gasteiger partial charge in [-0.05, 0) is 126 Å². The second-order valence-electron chi connectivity index (χ2n) is 18.3. The van der Waals surface area contributed by atoms with E-state index < -0.39 is 10.8 Å². The Kier molecular flexibility index (Phi) is 8.45. The first-order valence-electron chi connectivity index (χ1n) is 23.6. The molecule has 0 N–H and O–H groups in total. The lowest BCUT2D eigenvalue weighted by Crippen LogP contribution is -2.32. The Labute approximate surface area is 396 Å². The van der Waals surface area contributed by atoms with E-state index in [9.17, 15) is 0 Å². The molecule has 2 aliphatic carbocycles. The van der Waals surface area contributed by atoms with Gasteiger partial charge in [0.25, 0.3) is 0 Å². The molecule has 1 atom stereocenters. The van der Waals surface area contributed by atoms with Crippen LogP contribution >= 0.6 is 0 Å². The highest BCUT2D eigenvalue weighted by Crippen LogP contribution is 2.64. The number of nitrogens with zero attached hydrogens (tertiary/aromatic N) is 1. The molecule has 1 aliphatic heterocycles. The van der Waals surface area contributed by atoms with Gasteiger partial charge in [-0.2, -0.15) is 0 Å². The van der Waals surface area contributed by atoms with Crippen LogP contribution in [0.15, 0.2) is 261 Å². The van der Waals surface area contributed by atoms with E-state index in [2.05, 4.69) is 266 Å². The van der Waals surface area contributed by atoms with Crippen LogP contribution in [-0.4, -0.2) is 0 Å². The molecule has 2 heteroatoms. The van der Waals surface area contributed by atoms with Crippen LogP contribution < -0.4 is 9.64 Å². The van der Waals surface area contributed by atoms with Gasteiger partial charge in [0.15, 0.2) is 0 Å². The average Bonchev–Trinajstić information content (AvgIpc) is 3.87. The van der Waals surface area contributed by atoms with Gasteiger partial charge in [0.05, 0.1) is 10.8 Å². The van der Waals surface area contributed by atoms with Crippen LogP contribution in [0.5, 0.6) is 11.5 Å². The highest BCUT2D eigenvalue weighted by molar-refractivity contribution is 5.99. The number of benzene rings is 11. The summed E-state index contributed by atoms with van der Waals surface area (Å²) in [6.07, 6.45) is 0. The number of rotatable bonds is 6. The Morgan fingerprint density at radius 1 is 0.294 bits per heavy atom. The molecule has 0 saturated heterocycles. The average molecular weight is 866 g/mol. The van der Waals surface area contributed by atoms with E-state index >= 15 is 0 Å². The van der Waals surface area contributed by atoms with E-state index in [0.29, 0.717) is 0 Å². The largest absolute Gasteiger partial charge is 0.457 e. The van der Waals surface area contributed by atoms with Gasteiger partial charge in [0.2, 0.25) is 0 Å². The number of fused-ring (bicyclic) bond motifs is 14. The molecular weight excluding hydrogens is 823 g/mol. The number of ether oxygens (including phenoxy) is 1. The molecule has 11 aromatic rings. The van der Waals surface area contributed by atoms with Crippen molar-refractivity contribution in [2.75, 3.05) is 4.90 Å². The van der Waals surface area contributed by atoms with Gasteiger partial charge in [-0.15, -0.1) is 0 Å². The predicted molar refractivity (Wildman–Crippen MR) is 279 cm³/mol. The minimum absolute atomic E-state index is 0.548. The van der Waals surface area contributed by atoms with E-state index in [1.807, 2.05) is 0 Å². The maximum absolute atomic E-state index is 6.92.